The summed E-state index contributed by atoms with van der Waals surface area (Å²) >= 11 is 6.05. The lowest BCUT2D eigenvalue weighted by Gasteiger charge is -2.10. The van der Waals surface area contributed by atoms with E-state index in [1.807, 2.05) is 0 Å². The zero-order valence-electron chi connectivity index (χ0n) is 14.2. The molecule has 0 saturated heterocycles. The Bertz CT molecular complexity index is 941. The van der Waals surface area contributed by atoms with Gasteiger partial charge in [0.2, 0.25) is 0 Å². The highest BCUT2D eigenvalue weighted by Gasteiger charge is 2.19. The van der Waals surface area contributed by atoms with Gasteiger partial charge in [0.15, 0.2) is 5.69 Å². The third-order valence-corrected chi connectivity index (χ3v) is 4.08. The second-order valence-corrected chi connectivity index (χ2v) is 6.00. The third kappa shape index (κ3) is 3.67. The van der Waals surface area contributed by atoms with Crippen LogP contribution in [-0.4, -0.2) is 28.0 Å². The molecular weight excluding hydrogens is 359 g/mol. The molecule has 2 aromatic carbocycles. The number of carbonyl (C=O) groups is 1. The van der Waals surface area contributed by atoms with E-state index in [0.717, 1.165) is 5.56 Å². The molecule has 0 atom stereocenters. The van der Waals surface area contributed by atoms with E-state index in [4.69, 9.17) is 16.3 Å². The molecule has 0 aliphatic rings. The Morgan fingerprint density at radius 3 is 2.69 bits per heavy atom. The standard InChI is InChI=1S/C18H16ClFN4O2/c1-11-17(18(25)21-10-12-3-6-14(20)7-4-12)22-23-24(11)15-9-13(19)5-8-16(15)26-2/h3-9H,10H2,1-2H3,(H,21,25). The highest BCUT2D eigenvalue weighted by atomic mass is 35.5. The van der Waals surface area contributed by atoms with Crippen molar-refractivity contribution in [3.63, 3.8) is 0 Å². The average molecular weight is 375 g/mol. The van der Waals surface area contributed by atoms with Crippen LogP contribution in [0.4, 0.5) is 4.39 Å². The lowest BCUT2D eigenvalue weighted by Crippen LogP contribution is -2.24. The summed E-state index contributed by atoms with van der Waals surface area (Å²) in [5, 5.41) is 11.3. The van der Waals surface area contributed by atoms with Crippen molar-refractivity contribution in [3.05, 3.63) is 70.3 Å². The van der Waals surface area contributed by atoms with Gasteiger partial charge in [-0.3, -0.25) is 4.79 Å². The quantitative estimate of drug-likeness (QED) is 0.744. The molecule has 0 aliphatic carbocycles. The minimum Gasteiger partial charge on any atom is -0.494 e. The molecule has 134 valence electrons. The summed E-state index contributed by atoms with van der Waals surface area (Å²) in [6.45, 7) is 1.99. The van der Waals surface area contributed by atoms with E-state index in [1.165, 1.54) is 23.9 Å². The van der Waals surface area contributed by atoms with Crippen molar-refractivity contribution in [1.29, 1.82) is 0 Å². The van der Waals surface area contributed by atoms with Gasteiger partial charge < -0.3 is 10.1 Å². The molecule has 1 heterocycles. The largest absolute Gasteiger partial charge is 0.494 e. The number of ether oxygens (including phenoxy) is 1. The van der Waals surface area contributed by atoms with E-state index in [0.29, 0.717) is 22.2 Å². The minimum absolute atomic E-state index is 0.189. The molecule has 0 radical (unpaired) electrons. The van der Waals surface area contributed by atoms with Gasteiger partial charge in [-0.2, -0.15) is 0 Å². The van der Waals surface area contributed by atoms with Gasteiger partial charge >= 0.3 is 0 Å². The number of carbonyl (C=O) groups excluding carboxylic acids is 1. The van der Waals surface area contributed by atoms with Crippen LogP contribution in [0.2, 0.25) is 5.02 Å². The van der Waals surface area contributed by atoms with Crippen molar-refractivity contribution in [1.82, 2.24) is 20.3 Å². The van der Waals surface area contributed by atoms with Crippen LogP contribution in [0.25, 0.3) is 5.69 Å². The Morgan fingerprint density at radius 2 is 2.00 bits per heavy atom. The van der Waals surface area contributed by atoms with Gasteiger partial charge in [0, 0.05) is 11.6 Å². The number of nitrogens with zero attached hydrogens (tertiary/aromatic N) is 3. The van der Waals surface area contributed by atoms with E-state index < -0.39 is 0 Å². The summed E-state index contributed by atoms with van der Waals surface area (Å²) in [4.78, 5) is 12.4. The van der Waals surface area contributed by atoms with E-state index in [9.17, 15) is 9.18 Å². The number of aromatic nitrogens is 3. The van der Waals surface area contributed by atoms with Gasteiger partial charge in [0.25, 0.3) is 5.91 Å². The number of rotatable bonds is 5. The number of amides is 1. The van der Waals surface area contributed by atoms with Gasteiger partial charge in [0.1, 0.15) is 17.3 Å². The van der Waals surface area contributed by atoms with Crippen LogP contribution in [0.5, 0.6) is 5.75 Å². The fourth-order valence-corrected chi connectivity index (χ4v) is 2.63. The molecule has 0 saturated carbocycles. The number of halogens is 2. The molecule has 1 N–H and O–H groups in total. The first-order valence-electron chi connectivity index (χ1n) is 7.78. The first kappa shape index (κ1) is 17.9. The van der Waals surface area contributed by atoms with Gasteiger partial charge in [-0.25, -0.2) is 9.07 Å². The van der Waals surface area contributed by atoms with Crippen LogP contribution in [0.3, 0.4) is 0 Å². The molecule has 0 bridgehead atoms. The van der Waals surface area contributed by atoms with E-state index in [2.05, 4.69) is 15.6 Å². The molecule has 1 amide bonds. The number of hydrogen-bond acceptors (Lipinski definition) is 4. The number of hydrogen-bond donors (Lipinski definition) is 1. The molecule has 0 spiro atoms. The van der Waals surface area contributed by atoms with Gasteiger partial charge in [-0.15, -0.1) is 5.10 Å². The molecule has 0 aliphatic heterocycles. The average Bonchev–Trinajstić information content (AvgIpc) is 3.02. The number of benzene rings is 2. The summed E-state index contributed by atoms with van der Waals surface area (Å²) in [6.07, 6.45) is 0. The highest BCUT2D eigenvalue weighted by molar-refractivity contribution is 6.30. The zero-order chi connectivity index (χ0) is 18.7. The lowest BCUT2D eigenvalue weighted by atomic mass is 10.2. The monoisotopic (exact) mass is 374 g/mol. The first-order valence-corrected chi connectivity index (χ1v) is 8.16. The zero-order valence-corrected chi connectivity index (χ0v) is 14.9. The maximum Gasteiger partial charge on any atom is 0.274 e. The molecule has 3 rings (SSSR count). The number of methoxy groups -OCH3 is 1. The molecule has 1 aromatic heterocycles. The van der Waals surface area contributed by atoms with Crippen molar-refractivity contribution in [2.45, 2.75) is 13.5 Å². The minimum atomic E-state index is -0.376. The van der Waals surface area contributed by atoms with Crippen molar-refractivity contribution in [3.8, 4) is 11.4 Å². The van der Waals surface area contributed by atoms with E-state index >= 15 is 0 Å². The Balaban J connectivity index is 1.81. The summed E-state index contributed by atoms with van der Waals surface area (Å²) in [6, 6.07) is 11.0. The fraction of sp³-hybridized carbons (Fsp3) is 0.167. The Kier molecular flexibility index (Phi) is 5.18. The van der Waals surface area contributed by atoms with E-state index in [1.54, 1.807) is 37.3 Å². The Morgan fingerprint density at radius 1 is 1.27 bits per heavy atom. The second-order valence-electron chi connectivity index (χ2n) is 5.56. The summed E-state index contributed by atoms with van der Waals surface area (Å²) in [5.74, 6) is -0.144. The predicted molar refractivity (Wildman–Crippen MR) is 95.2 cm³/mol. The van der Waals surface area contributed by atoms with Crippen molar-refractivity contribution < 1.29 is 13.9 Å². The van der Waals surface area contributed by atoms with Crippen LogP contribution in [-0.2, 0) is 6.54 Å². The van der Waals surface area contributed by atoms with Gasteiger partial charge in [0.05, 0.1) is 12.8 Å². The normalized spacial score (nSPS) is 10.6. The maximum atomic E-state index is 12.9. The SMILES string of the molecule is COc1ccc(Cl)cc1-n1nnc(C(=O)NCc2ccc(F)cc2)c1C. The van der Waals surface area contributed by atoms with Crippen LogP contribution >= 0.6 is 11.6 Å². The molecule has 26 heavy (non-hydrogen) atoms. The van der Waals surface area contributed by atoms with Crippen LogP contribution in [0.1, 0.15) is 21.7 Å². The molecule has 0 fully saturated rings. The van der Waals surface area contributed by atoms with Crippen LogP contribution < -0.4 is 10.1 Å². The second kappa shape index (κ2) is 7.53. The molecule has 6 nitrogen and oxygen atoms in total. The Labute approximate surface area is 154 Å². The van der Waals surface area contributed by atoms with Crippen molar-refractivity contribution >= 4 is 17.5 Å². The van der Waals surface area contributed by atoms with Crippen LogP contribution in [0.15, 0.2) is 42.5 Å². The smallest absolute Gasteiger partial charge is 0.274 e. The van der Waals surface area contributed by atoms with Crippen molar-refractivity contribution in [2.24, 2.45) is 0 Å². The highest BCUT2D eigenvalue weighted by Crippen LogP contribution is 2.27. The Hall–Kier alpha value is -2.93. The lowest BCUT2D eigenvalue weighted by molar-refractivity contribution is 0.0945. The van der Waals surface area contributed by atoms with Crippen LogP contribution in [0, 0.1) is 12.7 Å². The molecule has 0 unspecified atom stereocenters. The predicted octanol–water partition coefficient (Wildman–Crippen LogP) is 3.31. The molecule has 3 aromatic rings. The summed E-state index contributed by atoms with van der Waals surface area (Å²) in [7, 11) is 1.54. The first-order chi connectivity index (χ1) is 12.5. The van der Waals surface area contributed by atoms with Gasteiger partial charge in [-0.05, 0) is 42.8 Å². The summed E-state index contributed by atoms with van der Waals surface area (Å²) in [5.41, 5.74) is 2.10. The molecule has 8 heteroatoms. The number of nitrogens with one attached hydrogen (secondary N) is 1. The third-order valence-electron chi connectivity index (χ3n) is 3.85. The fourth-order valence-electron chi connectivity index (χ4n) is 2.46. The summed E-state index contributed by atoms with van der Waals surface area (Å²) < 4.78 is 19.7. The van der Waals surface area contributed by atoms with Gasteiger partial charge in [-0.1, -0.05) is 28.9 Å². The topological polar surface area (TPSA) is 69.0 Å². The van der Waals surface area contributed by atoms with E-state index in [-0.39, 0.29) is 24.0 Å². The molecular formula is C18H16ClFN4O2. The van der Waals surface area contributed by atoms with Crippen molar-refractivity contribution in [2.75, 3.05) is 7.11 Å². The maximum absolute atomic E-state index is 12.9.